The molecule has 0 saturated heterocycles. The van der Waals surface area contributed by atoms with E-state index in [4.69, 9.17) is 0 Å². The molecule has 19 heavy (non-hydrogen) atoms. The molecule has 1 aromatic carbocycles. The van der Waals surface area contributed by atoms with Crippen LogP contribution in [0.2, 0.25) is 0 Å². The van der Waals surface area contributed by atoms with Crippen LogP contribution in [-0.4, -0.2) is 14.8 Å². The molecule has 0 spiro atoms. The minimum Gasteiger partial charge on any atom is -0.377 e. The van der Waals surface area contributed by atoms with Gasteiger partial charge in [-0.1, -0.05) is 19.9 Å². The van der Waals surface area contributed by atoms with Crippen molar-refractivity contribution in [3.05, 3.63) is 41.7 Å². The normalized spacial score (nSPS) is 11.0. The smallest absolute Gasteiger partial charge is 0.146 e. The molecule has 0 unspecified atom stereocenters. The van der Waals surface area contributed by atoms with Crippen molar-refractivity contribution in [2.24, 2.45) is 5.92 Å². The molecule has 4 nitrogen and oxygen atoms in total. The Labute approximate surface area is 112 Å². The van der Waals surface area contributed by atoms with Crippen LogP contribution in [0.4, 0.5) is 10.1 Å². The number of halogens is 1. The first-order valence-electron chi connectivity index (χ1n) is 6.43. The number of nitrogens with one attached hydrogen (secondary N) is 1. The van der Waals surface area contributed by atoms with E-state index in [-0.39, 0.29) is 5.82 Å². The summed E-state index contributed by atoms with van der Waals surface area (Å²) in [6.07, 6.45) is 1.55. The van der Waals surface area contributed by atoms with E-state index in [1.54, 1.807) is 19.3 Å². The van der Waals surface area contributed by atoms with Crippen LogP contribution in [0.5, 0.6) is 0 Å². The summed E-state index contributed by atoms with van der Waals surface area (Å²) in [5.41, 5.74) is 1.41. The number of rotatable bonds is 5. The van der Waals surface area contributed by atoms with Gasteiger partial charge in [0.25, 0.3) is 0 Å². The van der Waals surface area contributed by atoms with Gasteiger partial charge in [-0.2, -0.15) is 5.10 Å². The van der Waals surface area contributed by atoms with E-state index in [0.29, 0.717) is 18.0 Å². The maximum atomic E-state index is 13.4. The van der Waals surface area contributed by atoms with Crippen LogP contribution >= 0.6 is 0 Å². The lowest BCUT2D eigenvalue weighted by Gasteiger charge is -2.11. The highest BCUT2D eigenvalue weighted by Crippen LogP contribution is 2.18. The Balaban J connectivity index is 2.06. The molecule has 0 saturated carbocycles. The summed E-state index contributed by atoms with van der Waals surface area (Å²) < 4.78 is 15.3. The van der Waals surface area contributed by atoms with Gasteiger partial charge < -0.3 is 5.32 Å². The second-order valence-corrected chi connectivity index (χ2v) is 5.02. The van der Waals surface area contributed by atoms with E-state index in [1.165, 1.54) is 6.07 Å². The van der Waals surface area contributed by atoms with Gasteiger partial charge in [0.1, 0.15) is 18.0 Å². The molecule has 0 radical (unpaired) electrons. The van der Waals surface area contributed by atoms with Crippen molar-refractivity contribution < 1.29 is 4.39 Å². The number of hydrogen-bond donors (Lipinski definition) is 1. The molecule has 2 aromatic rings. The molecular formula is C14H19FN4. The number of anilines is 1. The van der Waals surface area contributed by atoms with Crippen molar-refractivity contribution in [2.75, 3.05) is 5.32 Å². The third-order valence-corrected chi connectivity index (χ3v) is 2.94. The second-order valence-electron chi connectivity index (χ2n) is 5.02. The highest BCUT2D eigenvalue weighted by molar-refractivity contribution is 5.50. The first-order chi connectivity index (χ1) is 9.08. The maximum absolute atomic E-state index is 13.4. The first-order valence-corrected chi connectivity index (χ1v) is 6.43. The highest BCUT2D eigenvalue weighted by Gasteiger charge is 2.07. The Morgan fingerprint density at radius 2 is 2.16 bits per heavy atom. The number of aromatic nitrogens is 3. The zero-order valence-corrected chi connectivity index (χ0v) is 11.5. The SMILES string of the molecule is Cc1c(F)cccc1NCc1ncnn1CC(C)C. The summed E-state index contributed by atoms with van der Waals surface area (Å²) >= 11 is 0. The molecule has 0 atom stereocenters. The molecule has 0 bridgehead atoms. The van der Waals surface area contributed by atoms with E-state index in [9.17, 15) is 4.39 Å². The van der Waals surface area contributed by atoms with Gasteiger partial charge >= 0.3 is 0 Å². The minimum atomic E-state index is -0.200. The minimum absolute atomic E-state index is 0.200. The van der Waals surface area contributed by atoms with Crippen molar-refractivity contribution >= 4 is 5.69 Å². The van der Waals surface area contributed by atoms with Gasteiger partial charge in [0.2, 0.25) is 0 Å². The van der Waals surface area contributed by atoms with E-state index in [1.807, 2.05) is 10.7 Å². The first kappa shape index (κ1) is 13.5. The Morgan fingerprint density at radius 1 is 1.37 bits per heavy atom. The van der Waals surface area contributed by atoms with Crippen molar-refractivity contribution in [2.45, 2.75) is 33.9 Å². The Kier molecular flexibility index (Phi) is 4.14. The average Bonchev–Trinajstić information content (AvgIpc) is 2.78. The molecule has 0 aliphatic carbocycles. The highest BCUT2D eigenvalue weighted by atomic mass is 19.1. The second kappa shape index (κ2) is 5.82. The van der Waals surface area contributed by atoms with Gasteiger partial charge in [-0.05, 0) is 25.0 Å². The van der Waals surface area contributed by atoms with Crippen LogP contribution in [0, 0.1) is 18.7 Å². The third-order valence-electron chi connectivity index (χ3n) is 2.94. The van der Waals surface area contributed by atoms with Gasteiger partial charge in [-0.3, -0.25) is 0 Å². The van der Waals surface area contributed by atoms with Crippen molar-refractivity contribution in [3.8, 4) is 0 Å². The summed E-state index contributed by atoms with van der Waals surface area (Å²) in [4.78, 5) is 4.23. The molecule has 102 valence electrons. The van der Waals surface area contributed by atoms with Gasteiger partial charge in [0, 0.05) is 17.8 Å². The largest absolute Gasteiger partial charge is 0.377 e. The van der Waals surface area contributed by atoms with Crippen molar-refractivity contribution in [1.82, 2.24) is 14.8 Å². The zero-order chi connectivity index (χ0) is 13.8. The fourth-order valence-electron chi connectivity index (χ4n) is 1.90. The van der Waals surface area contributed by atoms with Crippen LogP contribution < -0.4 is 5.32 Å². The summed E-state index contributed by atoms with van der Waals surface area (Å²) in [5.74, 6) is 1.17. The van der Waals surface area contributed by atoms with E-state index >= 15 is 0 Å². The Bertz CT molecular complexity index is 548. The Morgan fingerprint density at radius 3 is 2.89 bits per heavy atom. The molecule has 5 heteroatoms. The van der Waals surface area contributed by atoms with Gasteiger partial charge in [-0.15, -0.1) is 0 Å². The van der Waals surface area contributed by atoms with Crippen LogP contribution in [0.15, 0.2) is 24.5 Å². The summed E-state index contributed by atoms with van der Waals surface area (Å²) in [6.45, 7) is 7.40. The fraction of sp³-hybridized carbons (Fsp3) is 0.429. The van der Waals surface area contributed by atoms with E-state index in [0.717, 1.165) is 18.1 Å². The topological polar surface area (TPSA) is 42.7 Å². The summed E-state index contributed by atoms with van der Waals surface area (Å²) in [6, 6.07) is 5.02. The fourth-order valence-corrected chi connectivity index (χ4v) is 1.90. The lowest BCUT2D eigenvalue weighted by Crippen LogP contribution is -2.13. The Hall–Kier alpha value is -1.91. The van der Waals surface area contributed by atoms with Crippen LogP contribution in [0.25, 0.3) is 0 Å². The quantitative estimate of drug-likeness (QED) is 0.900. The molecule has 1 aromatic heterocycles. The number of benzene rings is 1. The molecule has 1 N–H and O–H groups in total. The standard InChI is InChI=1S/C14H19FN4/c1-10(2)8-19-14(17-9-18-19)7-16-13-6-4-5-12(15)11(13)3/h4-6,9-10,16H,7-8H2,1-3H3. The predicted molar refractivity (Wildman–Crippen MR) is 73.3 cm³/mol. The zero-order valence-electron chi connectivity index (χ0n) is 11.5. The average molecular weight is 262 g/mol. The van der Waals surface area contributed by atoms with E-state index in [2.05, 4.69) is 29.2 Å². The van der Waals surface area contributed by atoms with Crippen LogP contribution in [0.1, 0.15) is 25.2 Å². The van der Waals surface area contributed by atoms with Gasteiger partial charge in [0.15, 0.2) is 0 Å². The molecular weight excluding hydrogens is 243 g/mol. The predicted octanol–water partition coefficient (Wildman–Crippen LogP) is 2.99. The number of hydrogen-bond acceptors (Lipinski definition) is 3. The molecule has 2 rings (SSSR count). The molecule has 1 heterocycles. The van der Waals surface area contributed by atoms with Crippen LogP contribution in [-0.2, 0) is 13.1 Å². The van der Waals surface area contributed by atoms with Crippen molar-refractivity contribution in [1.29, 1.82) is 0 Å². The monoisotopic (exact) mass is 262 g/mol. The lowest BCUT2D eigenvalue weighted by molar-refractivity contribution is 0.468. The molecule has 0 aliphatic heterocycles. The third kappa shape index (κ3) is 3.30. The van der Waals surface area contributed by atoms with Crippen LogP contribution in [0.3, 0.4) is 0 Å². The molecule has 0 fully saturated rings. The molecule has 0 amide bonds. The molecule has 0 aliphatic rings. The van der Waals surface area contributed by atoms with Gasteiger partial charge in [0.05, 0.1) is 6.54 Å². The summed E-state index contributed by atoms with van der Waals surface area (Å²) in [5, 5.41) is 7.41. The lowest BCUT2D eigenvalue weighted by atomic mass is 10.2. The van der Waals surface area contributed by atoms with Gasteiger partial charge in [-0.25, -0.2) is 14.1 Å². The number of nitrogens with zero attached hydrogens (tertiary/aromatic N) is 3. The van der Waals surface area contributed by atoms with E-state index < -0.39 is 0 Å². The van der Waals surface area contributed by atoms with Crippen molar-refractivity contribution in [3.63, 3.8) is 0 Å². The maximum Gasteiger partial charge on any atom is 0.146 e. The summed E-state index contributed by atoms with van der Waals surface area (Å²) in [7, 11) is 0.